The molecule has 1 aliphatic heterocycles. The van der Waals surface area contributed by atoms with Crippen molar-refractivity contribution in [3.8, 4) is 12.3 Å². The average Bonchev–Trinajstić information content (AvgIpc) is 2.39. The Kier molecular flexibility index (Phi) is 3.49. The summed E-state index contributed by atoms with van der Waals surface area (Å²) in [6.45, 7) is 2.52. The van der Waals surface area contributed by atoms with Crippen LogP contribution in [0.3, 0.4) is 0 Å². The van der Waals surface area contributed by atoms with E-state index in [1.807, 2.05) is 37.4 Å². The summed E-state index contributed by atoms with van der Waals surface area (Å²) in [5.41, 5.74) is -0.452. The Bertz CT molecular complexity index is 412. The molecule has 0 amide bonds. The quantitative estimate of drug-likeness (QED) is 0.722. The van der Waals surface area contributed by atoms with Gasteiger partial charge in [-0.05, 0) is 12.6 Å². The Labute approximate surface area is 102 Å². The van der Waals surface area contributed by atoms with Crippen LogP contribution in [0.15, 0.2) is 30.3 Å². The predicted molar refractivity (Wildman–Crippen MR) is 68.5 cm³/mol. The van der Waals surface area contributed by atoms with E-state index in [-0.39, 0.29) is 6.04 Å². The summed E-state index contributed by atoms with van der Waals surface area (Å²) in [7, 11) is 2.00. The van der Waals surface area contributed by atoms with Crippen molar-refractivity contribution >= 4 is 0 Å². The molecule has 0 bridgehead atoms. The maximum atomic E-state index is 10.8. The number of aliphatic hydroxyl groups is 1. The van der Waals surface area contributed by atoms with Gasteiger partial charge in [-0.3, -0.25) is 4.90 Å². The molecule has 1 aromatic rings. The first-order chi connectivity index (χ1) is 8.18. The molecule has 3 nitrogen and oxygen atoms in total. The van der Waals surface area contributed by atoms with Crippen LogP contribution in [0.4, 0.5) is 0 Å². The Morgan fingerprint density at radius 2 is 2.18 bits per heavy atom. The van der Waals surface area contributed by atoms with E-state index in [2.05, 4.69) is 16.1 Å². The van der Waals surface area contributed by atoms with E-state index in [4.69, 9.17) is 6.42 Å². The van der Waals surface area contributed by atoms with Gasteiger partial charge >= 0.3 is 0 Å². The third-order valence-corrected chi connectivity index (χ3v) is 3.43. The number of nitrogens with one attached hydrogen (secondary N) is 1. The second-order valence-corrected chi connectivity index (χ2v) is 4.48. The van der Waals surface area contributed by atoms with Gasteiger partial charge in [-0.1, -0.05) is 36.3 Å². The van der Waals surface area contributed by atoms with Crippen molar-refractivity contribution in [1.82, 2.24) is 10.2 Å². The summed E-state index contributed by atoms with van der Waals surface area (Å²) in [5.74, 6) is 2.57. The summed E-state index contributed by atoms with van der Waals surface area (Å²) in [6.07, 6.45) is 5.58. The fraction of sp³-hybridized carbons (Fsp3) is 0.429. The molecule has 2 atom stereocenters. The van der Waals surface area contributed by atoms with E-state index in [0.29, 0.717) is 6.54 Å². The number of nitrogens with zero attached hydrogens (tertiary/aromatic N) is 1. The molecule has 0 radical (unpaired) electrons. The maximum Gasteiger partial charge on any atom is 0.167 e. The summed E-state index contributed by atoms with van der Waals surface area (Å²) < 4.78 is 0. The van der Waals surface area contributed by atoms with Gasteiger partial charge in [0.25, 0.3) is 0 Å². The highest BCUT2D eigenvalue weighted by Gasteiger charge is 2.40. The van der Waals surface area contributed by atoms with Crippen LogP contribution in [0, 0.1) is 12.3 Å². The minimum absolute atomic E-state index is 0.0938. The van der Waals surface area contributed by atoms with E-state index >= 15 is 0 Å². The monoisotopic (exact) mass is 230 g/mol. The number of rotatable bonds is 2. The number of likely N-dealkylation sites (N-methyl/N-ethyl adjacent to an activating group) is 1. The van der Waals surface area contributed by atoms with Gasteiger partial charge in [0.05, 0.1) is 6.04 Å². The van der Waals surface area contributed by atoms with Crippen LogP contribution in [0.5, 0.6) is 0 Å². The summed E-state index contributed by atoms with van der Waals surface area (Å²) in [6, 6.07) is 9.37. The van der Waals surface area contributed by atoms with Gasteiger partial charge in [-0.15, -0.1) is 6.42 Å². The lowest BCUT2D eigenvalue weighted by Crippen LogP contribution is -2.58. The molecule has 1 aromatic carbocycles. The molecule has 2 unspecified atom stereocenters. The molecule has 0 saturated carbocycles. The summed E-state index contributed by atoms with van der Waals surface area (Å²) in [4.78, 5) is 2.11. The molecule has 0 aromatic heterocycles. The molecule has 1 heterocycles. The molecule has 1 saturated heterocycles. The van der Waals surface area contributed by atoms with Gasteiger partial charge in [-0.25, -0.2) is 0 Å². The molecule has 1 aliphatic rings. The van der Waals surface area contributed by atoms with Gasteiger partial charge in [0.2, 0.25) is 0 Å². The zero-order chi connectivity index (χ0) is 12.3. The molecule has 3 heteroatoms. The van der Waals surface area contributed by atoms with Crippen molar-refractivity contribution in [1.29, 1.82) is 0 Å². The summed E-state index contributed by atoms with van der Waals surface area (Å²) >= 11 is 0. The molecule has 0 spiro atoms. The van der Waals surface area contributed by atoms with Crippen LogP contribution in [0.1, 0.15) is 5.56 Å². The molecule has 2 rings (SSSR count). The van der Waals surface area contributed by atoms with Gasteiger partial charge in [0.1, 0.15) is 0 Å². The van der Waals surface area contributed by atoms with Crippen molar-refractivity contribution in [2.24, 2.45) is 0 Å². The minimum Gasteiger partial charge on any atom is -0.372 e. The second-order valence-electron chi connectivity index (χ2n) is 4.48. The van der Waals surface area contributed by atoms with Crippen molar-refractivity contribution in [2.45, 2.75) is 11.6 Å². The average molecular weight is 230 g/mol. The lowest BCUT2D eigenvalue weighted by atomic mass is 9.85. The fourth-order valence-electron chi connectivity index (χ4n) is 2.34. The molecule has 2 N–H and O–H groups in total. The minimum atomic E-state index is -1.23. The van der Waals surface area contributed by atoms with Crippen LogP contribution in [-0.4, -0.2) is 42.7 Å². The zero-order valence-corrected chi connectivity index (χ0v) is 10.1. The highest BCUT2D eigenvalue weighted by Crippen LogP contribution is 2.27. The van der Waals surface area contributed by atoms with Crippen molar-refractivity contribution in [2.75, 3.05) is 26.7 Å². The number of terminal acetylenes is 1. The number of benzene rings is 1. The SMILES string of the molecule is C#CC(O)(c1ccccc1)C1CNCCN1C. The standard InChI is InChI=1S/C14H18N2O/c1-3-14(17,12-7-5-4-6-8-12)13-11-15-9-10-16(13)2/h1,4-8,13,15,17H,9-11H2,2H3. The Balaban J connectivity index is 2.34. The first-order valence-electron chi connectivity index (χ1n) is 5.85. The smallest absolute Gasteiger partial charge is 0.167 e. The lowest BCUT2D eigenvalue weighted by Gasteiger charge is -2.41. The van der Waals surface area contributed by atoms with E-state index in [9.17, 15) is 5.11 Å². The van der Waals surface area contributed by atoms with Crippen LogP contribution >= 0.6 is 0 Å². The van der Waals surface area contributed by atoms with Gasteiger partial charge in [0, 0.05) is 19.6 Å². The number of piperazine rings is 1. The molecule has 0 aliphatic carbocycles. The van der Waals surface area contributed by atoms with Crippen molar-refractivity contribution in [3.05, 3.63) is 35.9 Å². The van der Waals surface area contributed by atoms with Crippen LogP contribution in [0.25, 0.3) is 0 Å². The first-order valence-corrected chi connectivity index (χ1v) is 5.85. The largest absolute Gasteiger partial charge is 0.372 e. The predicted octanol–water partition coefficient (Wildman–Crippen LogP) is 0.411. The molecule has 1 fully saturated rings. The number of hydrogen-bond acceptors (Lipinski definition) is 3. The highest BCUT2D eigenvalue weighted by atomic mass is 16.3. The Morgan fingerprint density at radius 1 is 1.47 bits per heavy atom. The van der Waals surface area contributed by atoms with E-state index in [0.717, 1.165) is 18.7 Å². The topological polar surface area (TPSA) is 35.5 Å². The lowest BCUT2D eigenvalue weighted by molar-refractivity contribution is -0.00677. The van der Waals surface area contributed by atoms with Crippen LogP contribution in [-0.2, 0) is 5.60 Å². The van der Waals surface area contributed by atoms with Gasteiger partial charge in [0.15, 0.2) is 5.60 Å². The van der Waals surface area contributed by atoms with Crippen LogP contribution < -0.4 is 5.32 Å². The third-order valence-electron chi connectivity index (χ3n) is 3.43. The van der Waals surface area contributed by atoms with E-state index in [1.165, 1.54) is 0 Å². The van der Waals surface area contributed by atoms with Crippen molar-refractivity contribution in [3.63, 3.8) is 0 Å². The molecular weight excluding hydrogens is 212 g/mol. The number of hydrogen-bond donors (Lipinski definition) is 2. The van der Waals surface area contributed by atoms with Crippen molar-refractivity contribution < 1.29 is 5.11 Å². The van der Waals surface area contributed by atoms with Gasteiger partial charge in [-0.2, -0.15) is 0 Å². The zero-order valence-electron chi connectivity index (χ0n) is 10.1. The second kappa shape index (κ2) is 4.89. The maximum absolute atomic E-state index is 10.8. The van der Waals surface area contributed by atoms with E-state index in [1.54, 1.807) is 0 Å². The highest BCUT2D eigenvalue weighted by molar-refractivity contribution is 5.33. The molecular formula is C14H18N2O. The summed E-state index contributed by atoms with van der Waals surface area (Å²) in [5, 5.41) is 14.0. The fourth-order valence-corrected chi connectivity index (χ4v) is 2.34. The van der Waals surface area contributed by atoms with Gasteiger partial charge < -0.3 is 10.4 Å². The van der Waals surface area contributed by atoms with Crippen LogP contribution in [0.2, 0.25) is 0 Å². The third kappa shape index (κ3) is 2.20. The Morgan fingerprint density at radius 3 is 2.76 bits per heavy atom. The normalized spacial score (nSPS) is 24.9. The molecule has 90 valence electrons. The first kappa shape index (κ1) is 12.1. The molecule has 17 heavy (non-hydrogen) atoms. The Hall–Kier alpha value is -1.34. The van der Waals surface area contributed by atoms with E-state index < -0.39 is 5.60 Å².